The highest BCUT2D eigenvalue weighted by molar-refractivity contribution is 5.52. The first-order valence-electron chi connectivity index (χ1n) is 13.8. The van der Waals surface area contributed by atoms with Gasteiger partial charge in [0.15, 0.2) is 0 Å². The molecule has 0 aliphatic rings. The summed E-state index contributed by atoms with van der Waals surface area (Å²) in [5.41, 5.74) is 3.99. The van der Waals surface area contributed by atoms with Crippen molar-refractivity contribution < 1.29 is 48.1 Å². The fraction of sp³-hybridized carbons (Fsp3) is 0.613. The van der Waals surface area contributed by atoms with Crippen molar-refractivity contribution in [3.05, 3.63) is 57.6 Å². The molecular formula is C31H48O10. The molecule has 0 fully saturated rings. The molecule has 2 rings (SSSR count). The van der Waals surface area contributed by atoms with Gasteiger partial charge in [-0.1, -0.05) is 13.8 Å². The molecule has 0 saturated carbocycles. The Labute approximate surface area is 244 Å². The SMILES string of the molecule is COCCOCc1cc(C(C)(C)c2cc(COCCOC)c(O)c(COCCOC)c2)cc(COCCOC)c1O. The van der Waals surface area contributed by atoms with E-state index in [0.29, 0.717) is 75.1 Å². The lowest BCUT2D eigenvalue weighted by Crippen LogP contribution is -2.21. The van der Waals surface area contributed by atoms with Gasteiger partial charge >= 0.3 is 0 Å². The van der Waals surface area contributed by atoms with Crippen LogP contribution in [0.3, 0.4) is 0 Å². The summed E-state index contributed by atoms with van der Waals surface area (Å²) in [6.45, 7) is 8.51. The Kier molecular flexibility index (Phi) is 16.2. The highest BCUT2D eigenvalue weighted by Crippen LogP contribution is 2.39. The van der Waals surface area contributed by atoms with Crippen molar-refractivity contribution in [2.45, 2.75) is 45.7 Å². The molecule has 2 aromatic carbocycles. The molecule has 232 valence electrons. The van der Waals surface area contributed by atoms with E-state index in [1.807, 2.05) is 24.3 Å². The molecule has 0 atom stereocenters. The van der Waals surface area contributed by atoms with E-state index in [-0.39, 0.29) is 37.9 Å². The van der Waals surface area contributed by atoms with Crippen LogP contribution in [0.2, 0.25) is 0 Å². The van der Waals surface area contributed by atoms with Crippen molar-refractivity contribution in [3.8, 4) is 11.5 Å². The van der Waals surface area contributed by atoms with E-state index in [1.54, 1.807) is 28.4 Å². The number of hydrogen-bond donors (Lipinski definition) is 2. The summed E-state index contributed by atoms with van der Waals surface area (Å²) in [4.78, 5) is 0. The van der Waals surface area contributed by atoms with Crippen molar-refractivity contribution in [1.82, 2.24) is 0 Å². The Morgan fingerprint density at radius 1 is 0.463 bits per heavy atom. The highest BCUT2D eigenvalue weighted by Gasteiger charge is 2.28. The van der Waals surface area contributed by atoms with Crippen LogP contribution in [0.25, 0.3) is 0 Å². The van der Waals surface area contributed by atoms with Gasteiger partial charge in [-0.25, -0.2) is 0 Å². The van der Waals surface area contributed by atoms with Gasteiger partial charge in [0.25, 0.3) is 0 Å². The van der Waals surface area contributed by atoms with Gasteiger partial charge < -0.3 is 48.1 Å². The van der Waals surface area contributed by atoms with Gasteiger partial charge in [0.2, 0.25) is 0 Å². The predicted molar refractivity (Wildman–Crippen MR) is 154 cm³/mol. The summed E-state index contributed by atoms with van der Waals surface area (Å²) in [7, 11) is 6.46. The third-order valence-corrected chi connectivity index (χ3v) is 6.74. The number of rotatable bonds is 22. The van der Waals surface area contributed by atoms with Crippen molar-refractivity contribution in [2.24, 2.45) is 0 Å². The molecule has 0 radical (unpaired) electrons. The average Bonchev–Trinajstić information content (AvgIpc) is 2.96. The maximum Gasteiger partial charge on any atom is 0.126 e. The first-order chi connectivity index (χ1) is 19.8. The van der Waals surface area contributed by atoms with E-state index < -0.39 is 5.41 Å². The van der Waals surface area contributed by atoms with Crippen LogP contribution in [0.1, 0.15) is 47.2 Å². The second-order valence-corrected chi connectivity index (χ2v) is 10.1. The summed E-state index contributed by atoms with van der Waals surface area (Å²) in [6.07, 6.45) is 0. The Bertz CT molecular complexity index is 878. The number of methoxy groups -OCH3 is 4. The second-order valence-electron chi connectivity index (χ2n) is 10.1. The van der Waals surface area contributed by atoms with E-state index in [4.69, 9.17) is 37.9 Å². The lowest BCUT2D eigenvalue weighted by Gasteiger charge is -2.29. The van der Waals surface area contributed by atoms with Crippen LogP contribution in [0, 0.1) is 0 Å². The first kappa shape index (κ1) is 34.9. The normalized spacial score (nSPS) is 11.9. The standard InChI is InChI=1S/C31H48O10/c1-31(2,27-15-23(19-38-11-7-34-3)29(32)24(16-27)20-39-12-8-35-4)28-17-25(21-40-13-9-36-5)30(33)26(18-28)22-41-14-10-37-6/h15-18,32-33H,7-14,19-22H2,1-6H3. The van der Waals surface area contributed by atoms with Gasteiger partial charge in [-0.15, -0.1) is 0 Å². The Morgan fingerprint density at radius 3 is 0.927 bits per heavy atom. The number of benzene rings is 2. The molecule has 0 spiro atoms. The summed E-state index contributed by atoms with van der Waals surface area (Å²) >= 11 is 0. The van der Waals surface area contributed by atoms with Crippen molar-refractivity contribution in [1.29, 1.82) is 0 Å². The fourth-order valence-corrected chi connectivity index (χ4v) is 4.15. The maximum absolute atomic E-state index is 11.1. The molecule has 0 aliphatic carbocycles. The topological polar surface area (TPSA) is 114 Å². The molecule has 0 aromatic heterocycles. The molecule has 41 heavy (non-hydrogen) atoms. The molecule has 0 unspecified atom stereocenters. The molecule has 0 saturated heterocycles. The van der Waals surface area contributed by atoms with Crippen LogP contribution in [-0.2, 0) is 69.7 Å². The monoisotopic (exact) mass is 580 g/mol. The van der Waals surface area contributed by atoms with E-state index in [9.17, 15) is 10.2 Å². The van der Waals surface area contributed by atoms with Crippen molar-refractivity contribution in [3.63, 3.8) is 0 Å². The number of hydrogen-bond acceptors (Lipinski definition) is 10. The van der Waals surface area contributed by atoms with Gasteiger partial charge in [-0.05, 0) is 35.4 Å². The Hall–Kier alpha value is -2.28. The zero-order valence-corrected chi connectivity index (χ0v) is 25.5. The number of ether oxygens (including phenoxy) is 8. The smallest absolute Gasteiger partial charge is 0.126 e. The van der Waals surface area contributed by atoms with Gasteiger partial charge in [0.05, 0.1) is 79.3 Å². The van der Waals surface area contributed by atoms with Crippen LogP contribution in [0.15, 0.2) is 24.3 Å². The Balaban J connectivity index is 2.49. The molecule has 0 amide bonds. The number of phenolic OH excluding ortho intramolecular Hbond substituents is 2. The van der Waals surface area contributed by atoms with E-state index >= 15 is 0 Å². The summed E-state index contributed by atoms with van der Waals surface area (Å²) in [5.74, 6) is 0.286. The van der Waals surface area contributed by atoms with E-state index in [2.05, 4.69) is 13.8 Å². The van der Waals surface area contributed by atoms with Crippen molar-refractivity contribution >= 4 is 0 Å². The maximum atomic E-state index is 11.1. The average molecular weight is 581 g/mol. The molecule has 10 heteroatoms. The zero-order chi connectivity index (χ0) is 30.1. The minimum absolute atomic E-state index is 0.143. The van der Waals surface area contributed by atoms with Gasteiger partial charge in [0, 0.05) is 56.1 Å². The molecule has 2 N–H and O–H groups in total. The van der Waals surface area contributed by atoms with Gasteiger partial charge in [-0.3, -0.25) is 0 Å². The van der Waals surface area contributed by atoms with Crippen LogP contribution < -0.4 is 0 Å². The third-order valence-electron chi connectivity index (χ3n) is 6.74. The Morgan fingerprint density at radius 2 is 0.707 bits per heavy atom. The van der Waals surface area contributed by atoms with Gasteiger partial charge in [-0.2, -0.15) is 0 Å². The fourth-order valence-electron chi connectivity index (χ4n) is 4.15. The molecule has 2 aromatic rings. The molecular weight excluding hydrogens is 532 g/mol. The predicted octanol–water partition coefficient (Wildman–Crippen LogP) is 4.08. The lowest BCUT2D eigenvalue weighted by atomic mass is 9.76. The van der Waals surface area contributed by atoms with E-state index in [1.165, 1.54) is 0 Å². The number of phenols is 2. The molecule has 0 heterocycles. The molecule has 0 aliphatic heterocycles. The lowest BCUT2D eigenvalue weighted by molar-refractivity contribution is 0.0575. The summed E-state index contributed by atoms with van der Waals surface area (Å²) in [6, 6.07) is 7.82. The molecule has 10 nitrogen and oxygen atoms in total. The van der Waals surface area contributed by atoms with Crippen LogP contribution in [0.4, 0.5) is 0 Å². The minimum atomic E-state index is -0.535. The van der Waals surface area contributed by atoms with E-state index in [0.717, 1.165) is 11.1 Å². The first-order valence-corrected chi connectivity index (χ1v) is 13.8. The third kappa shape index (κ3) is 11.1. The second kappa shape index (κ2) is 19.0. The van der Waals surface area contributed by atoms with Crippen LogP contribution in [0.5, 0.6) is 11.5 Å². The molecule has 0 bridgehead atoms. The minimum Gasteiger partial charge on any atom is -0.507 e. The number of aromatic hydroxyl groups is 2. The largest absolute Gasteiger partial charge is 0.507 e. The summed E-state index contributed by atoms with van der Waals surface area (Å²) < 4.78 is 43.4. The van der Waals surface area contributed by atoms with Crippen molar-refractivity contribution in [2.75, 3.05) is 81.3 Å². The van der Waals surface area contributed by atoms with Crippen LogP contribution in [-0.4, -0.2) is 91.5 Å². The quantitative estimate of drug-likeness (QED) is 0.198. The summed E-state index contributed by atoms with van der Waals surface area (Å²) in [5, 5.41) is 22.1. The van der Waals surface area contributed by atoms with Crippen LogP contribution >= 0.6 is 0 Å². The van der Waals surface area contributed by atoms with Gasteiger partial charge in [0.1, 0.15) is 11.5 Å². The highest BCUT2D eigenvalue weighted by atomic mass is 16.5. The zero-order valence-electron chi connectivity index (χ0n) is 25.5.